The molecular formula is C23H27FN6O. The van der Waals surface area contributed by atoms with Crippen LogP contribution in [0.3, 0.4) is 0 Å². The Morgan fingerprint density at radius 3 is 2.39 bits per heavy atom. The van der Waals surface area contributed by atoms with Crippen molar-refractivity contribution in [3.63, 3.8) is 0 Å². The number of nitrogens with zero attached hydrogens (tertiary/aromatic N) is 4. The molecule has 0 aliphatic carbocycles. The van der Waals surface area contributed by atoms with E-state index in [1.165, 1.54) is 18.3 Å². The number of fused-ring (bicyclic) bond motifs is 1. The molecule has 1 amide bonds. The predicted molar refractivity (Wildman–Crippen MR) is 120 cm³/mol. The van der Waals surface area contributed by atoms with Gasteiger partial charge in [-0.15, -0.1) is 0 Å². The lowest BCUT2D eigenvalue weighted by Gasteiger charge is -2.12. The van der Waals surface area contributed by atoms with Crippen LogP contribution in [-0.4, -0.2) is 24.8 Å². The number of pyridine rings is 1. The van der Waals surface area contributed by atoms with Crippen LogP contribution < -0.4 is 11.5 Å². The first-order valence-electron chi connectivity index (χ1n) is 10.4. The summed E-state index contributed by atoms with van der Waals surface area (Å²) in [6.45, 7) is 7.07. The number of nitrogens with two attached hydrogens (primary N) is 2. The fourth-order valence-corrected chi connectivity index (χ4v) is 3.52. The number of aromatic nitrogens is 4. The van der Waals surface area contributed by atoms with Gasteiger partial charge in [-0.05, 0) is 42.8 Å². The Morgan fingerprint density at radius 2 is 1.77 bits per heavy atom. The van der Waals surface area contributed by atoms with Gasteiger partial charge in [0.2, 0.25) is 0 Å². The summed E-state index contributed by atoms with van der Waals surface area (Å²) >= 11 is 0. The molecule has 0 saturated carbocycles. The molecule has 3 heterocycles. The zero-order chi connectivity index (χ0) is 22.5. The molecule has 0 bridgehead atoms. The normalized spacial score (nSPS) is 10.7. The molecule has 0 fully saturated rings. The highest BCUT2D eigenvalue weighted by atomic mass is 19.1. The van der Waals surface area contributed by atoms with Gasteiger partial charge in [0.05, 0.1) is 24.1 Å². The minimum Gasteiger partial charge on any atom is -0.364 e. The Bertz CT molecular complexity index is 1190. The molecule has 0 spiro atoms. The molecule has 0 unspecified atom stereocenters. The molecule has 0 aliphatic heterocycles. The molecule has 0 aliphatic rings. The second-order valence-electron chi connectivity index (χ2n) is 6.74. The van der Waals surface area contributed by atoms with Gasteiger partial charge < -0.3 is 16.0 Å². The fraction of sp³-hybridized carbons (Fsp3) is 0.261. The van der Waals surface area contributed by atoms with Crippen LogP contribution in [0.25, 0.3) is 28.2 Å². The highest BCUT2D eigenvalue weighted by molar-refractivity contribution is 5.92. The van der Waals surface area contributed by atoms with Crippen LogP contribution >= 0.6 is 0 Å². The maximum atomic E-state index is 13.5. The van der Waals surface area contributed by atoms with Gasteiger partial charge in [-0.2, -0.15) is 0 Å². The lowest BCUT2D eigenvalue weighted by molar-refractivity contribution is 0.0994. The average Bonchev–Trinajstić information content (AvgIpc) is 3.37. The molecule has 0 saturated heterocycles. The van der Waals surface area contributed by atoms with E-state index in [4.69, 9.17) is 16.5 Å². The van der Waals surface area contributed by atoms with Crippen LogP contribution in [0.5, 0.6) is 0 Å². The van der Waals surface area contributed by atoms with E-state index in [1.807, 2.05) is 32.2 Å². The molecule has 4 N–H and O–H groups in total. The first-order valence-corrected chi connectivity index (χ1v) is 10.4. The number of primary amides is 1. The Labute approximate surface area is 180 Å². The average molecular weight is 423 g/mol. The van der Waals surface area contributed by atoms with Crippen LogP contribution in [-0.2, 0) is 13.1 Å². The van der Waals surface area contributed by atoms with Gasteiger partial charge in [0.1, 0.15) is 23.0 Å². The molecule has 31 heavy (non-hydrogen) atoms. The van der Waals surface area contributed by atoms with Crippen molar-refractivity contribution in [1.29, 1.82) is 0 Å². The fourth-order valence-electron chi connectivity index (χ4n) is 3.52. The third-order valence-corrected chi connectivity index (χ3v) is 4.83. The summed E-state index contributed by atoms with van der Waals surface area (Å²) in [6, 6.07) is 9.95. The third-order valence-electron chi connectivity index (χ3n) is 4.83. The maximum absolute atomic E-state index is 13.5. The van der Waals surface area contributed by atoms with E-state index in [2.05, 4.69) is 16.5 Å². The van der Waals surface area contributed by atoms with Gasteiger partial charge in [-0.3, -0.25) is 9.20 Å². The van der Waals surface area contributed by atoms with E-state index >= 15 is 0 Å². The molecule has 162 valence electrons. The molecule has 4 rings (SSSR count). The second kappa shape index (κ2) is 9.53. The predicted octanol–water partition coefficient (Wildman–Crippen LogP) is 4.00. The number of amides is 1. The van der Waals surface area contributed by atoms with Crippen molar-refractivity contribution in [2.75, 3.05) is 0 Å². The number of carbonyl (C=O) groups is 1. The van der Waals surface area contributed by atoms with Crippen molar-refractivity contribution >= 4 is 11.6 Å². The summed E-state index contributed by atoms with van der Waals surface area (Å²) in [5.74, 6) is -0.131. The van der Waals surface area contributed by atoms with Crippen LogP contribution in [0.1, 0.15) is 43.5 Å². The van der Waals surface area contributed by atoms with Crippen molar-refractivity contribution in [3.05, 3.63) is 66.1 Å². The summed E-state index contributed by atoms with van der Waals surface area (Å²) in [6.07, 6.45) is 4.16. The van der Waals surface area contributed by atoms with Crippen molar-refractivity contribution in [3.8, 4) is 22.5 Å². The molecule has 3 aromatic heterocycles. The standard InChI is InChI=1S/C21H21FN6O.C2H6/c1-2-9-27-18(10-23)26-19(13-3-6-15(22)7-4-13)20(27)14-5-8-17-25-11-16(21(24)29)28(17)12-14;1-2/h3-8,11-12H,2,9-10,23H2,1H3,(H2,24,29);1-2H3. The third kappa shape index (κ3) is 4.20. The zero-order valence-electron chi connectivity index (χ0n) is 18.0. The molecule has 1 aromatic carbocycles. The smallest absolute Gasteiger partial charge is 0.267 e. The monoisotopic (exact) mass is 422 g/mol. The minimum atomic E-state index is -0.557. The zero-order valence-corrected chi connectivity index (χ0v) is 18.0. The van der Waals surface area contributed by atoms with Gasteiger partial charge in [-0.25, -0.2) is 14.4 Å². The van der Waals surface area contributed by atoms with E-state index in [0.717, 1.165) is 35.6 Å². The Balaban J connectivity index is 0.00000132. The summed E-state index contributed by atoms with van der Waals surface area (Å²) in [4.78, 5) is 20.7. The molecule has 7 nitrogen and oxygen atoms in total. The second-order valence-corrected chi connectivity index (χ2v) is 6.74. The summed E-state index contributed by atoms with van der Waals surface area (Å²) in [5.41, 5.74) is 15.5. The number of hydrogen-bond donors (Lipinski definition) is 2. The molecule has 0 atom stereocenters. The molecule has 0 radical (unpaired) electrons. The Hall–Kier alpha value is -3.52. The van der Waals surface area contributed by atoms with Gasteiger partial charge in [0.15, 0.2) is 0 Å². The minimum absolute atomic E-state index is 0.272. The number of carbonyl (C=O) groups excluding carboxylic acids is 1. The number of halogens is 1. The van der Waals surface area contributed by atoms with Crippen molar-refractivity contribution in [2.24, 2.45) is 11.5 Å². The Kier molecular flexibility index (Phi) is 6.81. The molecule has 4 aromatic rings. The largest absolute Gasteiger partial charge is 0.364 e. The van der Waals surface area contributed by atoms with E-state index in [-0.39, 0.29) is 12.4 Å². The van der Waals surface area contributed by atoms with Crippen LogP contribution in [0.2, 0.25) is 0 Å². The van der Waals surface area contributed by atoms with Crippen LogP contribution in [0, 0.1) is 5.82 Å². The maximum Gasteiger partial charge on any atom is 0.267 e. The Morgan fingerprint density at radius 1 is 1.10 bits per heavy atom. The lowest BCUT2D eigenvalue weighted by Crippen LogP contribution is -2.13. The van der Waals surface area contributed by atoms with E-state index in [9.17, 15) is 9.18 Å². The van der Waals surface area contributed by atoms with Crippen molar-refractivity contribution < 1.29 is 9.18 Å². The molecular weight excluding hydrogens is 395 g/mol. The van der Waals surface area contributed by atoms with Crippen LogP contribution in [0.15, 0.2) is 48.8 Å². The highest BCUT2D eigenvalue weighted by Crippen LogP contribution is 2.33. The topological polar surface area (TPSA) is 104 Å². The highest BCUT2D eigenvalue weighted by Gasteiger charge is 2.20. The quantitative estimate of drug-likeness (QED) is 0.490. The number of imidazole rings is 2. The first kappa shape index (κ1) is 22.2. The number of hydrogen-bond acceptors (Lipinski definition) is 4. The summed E-state index contributed by atoms with van der Waals surface area (Å²) in [7, 11) is 0. The van der Waals surface area contributed by atoms with Crippen molar-refractivity contribution in [1.82, 2.24) is 18.9 Å². The molecule has 8 heteroatoms. The van der Waals surface area contributed by atoms with Crippen molar-refractivity contribution in [2.45, 2.75) is 40.3 Å². The first-order chi connectivity index (χ1) is 15.0. The van der Waals surface area contributed by atoms with Gasteiger partial charge >= 0.3 is 0 Å². The van der Waals surface area contributed by atoms with Gasteiger partial charge in [0, 0.05) is 23.9 Å². The lowest BCUT2D eigenvalue weighted by atomic mass is 10.1. The summed E-state index contributed by atoms with van der Waals surface area (Å²) < 4.78 is 17.2. The number of rotatable bonds is 6. The SMILES string of the molecule is CC.CCCn1c(CN)nc(-c2ccc(F)cc2)c1-c1ccc2ncc(C(N)=O)n2c1. The summed E-state index contributed by atoms with van der Waals surface area (Å²) in [5, 5.41) is 0. The number of benzene rings is 1. The van der Waals surface area contributed by atoms with E-state index in [0.29, 0.717) is 17.0 Å². The van der Waals surface area contributed by atoms with E-state index in [1.54, 1.807) is 16.5 Å². The van der Waals surface area contributed by atoms with Gasteiger partial charge in [-0.1, -0.05) is 20.8 Å². The van der Waals surface area contributed by atoms with E-state index < -0.39 is 5.91 Å². The van der Waals surface area contributed by atoms with Crippen LogP contribution in [0.4, 0.5) is 4.39 Å². The van der Waals surface area contributed by atoms with Gasteiger partial charge in [0.25, 0.3) is 5.91 Å².